The van der Waals surface area contributed by atoms with Crippen LogP contribution in [-0.4, -0.2) is 76.1 Å². The third-order valence-electron chi connectivity index (χ3n) is 6.43. The Balaban J connectivity index is 1.07. The monoisotopic (exact) mass is 538 g/mol. The molecule has 2 saturated heterocycles. The van der Waals surface area contributed by atoms with Crippen LogP contribution in [0.15, 0.2) is 54.6 Å². The lowest BCUT2D eigenvalue weighted by Crippen LogP contribution is -2.41. The van der Waals surface area contributed by atoms with Crippen LogP contribution in [0.5, 0.6) is 0 Å². The first-order chi connectivity index (χ1) is 19.0. The van der Waals surface area contributed by atoms with Crippen molar-refractivity contribution in [3.05, 3.63) is 60.2 Å². The molecule has 2 aliphatic heterocycles. The molecule has 2 fully saturated rings. The van der Waals surface area contributed by atoms with Crippen molar-refractivity contribution >= 4 is 35.4 Å². The van der Waals surface area contributed by atoms with Crippen molar-refractivity contribution in [2.24, 2.45) is 0 Å². The molecule has 2 aliphatic rings. The van der Waals surface area contributed by atoms with Crippen LogP contribution in [0.2, 0.25) is 0 Å². The minimum absolute atomic E-state index is 0.0642. The quantitative estimate of drug-likeness (QED) is 0.398. The molecule has 0 unspecified atom stereocenters. The van der Waals surface area contributed by atoms with Crippen LogP contribution in [0.1, 0.15) is 24.8 Å². The third kappa shape index (κ3) is 8.44. The average Bonchev–Trinajstić information content (AvgIpc) is 3.33. The number of nitrogens with zero attached hydrogens (tertiary/aromatic N) is 2. The fourth-order valence-electron chi connectivity index (χ4n) is 4.32. The van der Waals surface area contributed by atoms with Gasteiger partial charge in [0, 0.05) is 37.3 Å². The molecule has 0 aliphatic carbocycles. The molecule has 11 heteroatoms. The zero-order chi connectivity index (χ0) is 27.5. The predicted molar refractivity (Wildman–Crippen MR) is 144 cm³/mol. The number of carbonyl (C=O) groups excluding carboxylic acids is 4. The summed E-state index contributed by atoms with van der Waals surface area (Å²) in [5.41, 5.74) is 2.51. The first kappa shape index (κ1) is 27.9. The molecule has 0 saturated carbocycles. The number of unbranched alkanes of at least 4 members (excludes halogenated alkanes) is 1. The highest BCUT2D eigenvalue weighted by Gasteiger charge is 2.32. The van der Waals surface area contributed by atoms with E-state index in [1.165, 1.54) is 4.90 Å². The largest absolute Gasteiger partial charge is 0.449 e. The number of alkyl carbamates (subject to hydrolysis) is 1. The number of carbonyl (C=O) groups is 4. The van der Waals surface area contributed by atoms with Crippen LogP contribution in [0.4, 0.5) is 21.0 Å². The molecule has 2 aromatic rings. The number of nitrogens with one attached hydrogen (secondary N) is 2. The molecule has 0 bridgehead atoms. The van der Waals surface area contributed by atoms with Crippen molar-refractivity contribution < 1.29 is 33.4 Å². The Morgan fingerprint density at radius 3 is 2.44 bits per heavy atom. The highest BCUT2D eigenvalue weighted by atomic mass is 16.6. The Kier molecular flexibility index (Phi) is 10.1. The molecule has 4 amide bonds. The van der Waals surface area contributed by atoms with Gasteiger partial charge in [-0.2, -0.15) is 0 Å². The summed E-state index contributed by atoms with van der Waals surface area (Å²) < 4.78 is 15.7. The molecule has 39 heavy (non-hydrogen) atoms. The normalized spacial score (nSPS) is 17.1. The van der Waals surface area contributed by atoms with Gasteiger partial charge in [0.15, 0.2) is 0 Å². The van der Waals surface area contributed by atoms with Gasteiger partial charge in [-0.1, -0.05) is 30.3 Å². The number of benzene rings is 2. The lowest BCUT2D eigenvalue weighted by Gasteiger charge is -2.27. The smallest absolute Gasteiger partial charge is 0.414 e. The predicted octanol–water partition coefficient (Wildman–Crippen LogP) is 2.63. The van der Waals surface area contributed by atoms with Gasteiger partial charge in [0.25, 0.3) is 5.91 Å². The molecule has 4 rings (SSSR count). The van der Waals surface area contributed by atoms with Crippen molar-refractivity contribution in [3.8, 4) is 0 Å². The van der Waals surface area contributed by atoms with Crippen molar-refractivity contribution in [1.82, 2.24) is 10.6 Å². The van der Waals surface area contributed by atoms with Gasteiger partial charge in [0.1, 0.15) is 12.7 Å². The summed E-state index contributed by atoms with van der Waals surface area (Å²) >= 11 is 0. The van der Waals surface area contributed by atoms with Crippen molar-refractivity contribution in [3.63, 3.8) is 0 Å². The van der Waals surface area contributed by atoms with Crippen molar-refractivity contribution in [1.29, 1.82) is 0 Å². The zero-order valence-electron chi connectivity index (χ0n) is 21.8. The second-order valence-electron chi connectivity index (χ2n) is 9.29. The number of hydrogen-bond acceptors (Lipinski definition) is 7. The molecule has 0 aromatic heterocycles. The van der Waals surface area contributed by atoms with Gasteiger partial charge in [-0.05, 0) is 42.7 Å². The maximum absolute atomic E-state index is 12.4. The Bertz CT molecular complexity index is 1130. The van der Waals surface area contributed by atoms with Crippen LogP contribution in [0.3, 0.4) is 0 Å². The van der Waals surface area contributed by atoms with Gasteiger partial charge in [-0.25, -0.2) is 9.59 Å². The van der Waals surface area contributed by atoms with Gasteiger partial charge >= 0.3 is 12.2 Å². The first-order valence-electron chi connectivity index (χ1n) is 13.2. The summed E-state index contributed by atoms with van der Waals surface area (Å²) in [6.07, 6.45) is 0.792. The number of morpholine rings is 1. The van der Waals surface area contributed by atoms with Crippen LogP contribution in [0, 0.1) is 0 Å². The Morgan fingerprint density at radius 1 is 0.949 bits per heavy atom. The van der Waals surface area contributed by atoms with E-state index in [1.807, 2.05) is 30.3 Å². The number of amides is 4. The van der Waals surface area contributed by atoms with E-state index in [0.29, 0.717) is 64.2 Å². The van der Waals surface area contributed by atoms with Crippen LogP contribution < -0.4 is 20.4 Å². The maximum Gasteiger partial charge on any atom is 0.414 e. The van der Waals surface area contributed by atoms with E-state index in [-0.39, 0.29) is 25.0 Å². The number of ether oxygens (including phenoxy) is 3. The number of cyclic esters (lactones) is 1. The number of hydrogen-bond donors (Lipinski definition) is 2. The average molecular weight is 539 g/mol. The number of anilines is 2. The lowest BCUT2D eigenvalue weighted by molar-refractivity contribution is -0.125. The molecule has 1 atom stereocenters. The summed E-state index contributed by atoms with van der Waals surface area (Å²) in [5, 5.41) is 5.49. The lowest BCUT2D eigenvalue weighted by atomic mass is 10.2. The minimum Gasteiger partial charge on any atom is -0.449 e. The second-order valence-corrected chi connectivity index (χ2v) is 9.29. The first-order valence-corrected chi connectivity index (χ1v) is 13.2. The standard InChI is InChI=1S/C28H34N4O7/c33-25(8-4-5-14-29-27(35)38-16-13-21-6-2-1-3-7-21)30-18-24-19-32(28(36)39-24)23-11-9-22(10-12-23)31-15-17-37-20-26(31)34/h1-3,6-7,9-12,24H,4-5,8,13-20H2,(H,29,35)(H,30,33)/t24-/m0/s1. The van der Waals surface area contributed by atoms with Crippen LogP contribution in [-0.2, 0) is 30.2 Å². The molecular formula is C28H34N4O7. The van der Waals surface area contributed by atoms with E-state index in [9.17, 15) is 19.2 Å². The SMILES string of the molecule is O=C(CCCCNC(=O)OCCc1ccccc1)NC[C@H]1CN(c2ccc(N3CCOCC3=O)cc2)C(=O)O1. The topological polar surface area (TPSA) is 127 Å². The van der Waals surface area contributed by atoms with Gasteiger partial charge in [0.2, 0.25) is 5.91 Å². The van der Waals surface area contributed by atoms with E-state index >= 15 is 0 Å². The van der Waals surface area contributed by atoms with E-state index < -0.39 is 18.3 Å². The van der Waals surface area contributed by atoms with Gasteiger partial charge in [0.05, 0.1) is 26.3 Å². The van der Waals surface area contributed by atoms with E-state index in [1.54, 1.807) is 29.2 Å². The summed E-state index contributed by atoms with van der Waals surface area (Å²) in [7, 11) is 0. The Hall–Kier alpha value is -4.12. The fraction of sp³-hybridized carbons (Fsp3) is 0.429. The van der Waals surface area contributed by atoms with E-state index in [2.05, 4.69) is 10.6 Å². The van der Waals surface area contributed by atoms with Gasteiger partial charge in [-0.3, -0.25) is 14.5 Å². The van der Waals surface area contributed by atoms with E-state index in [4.69, 9.17) is 14.2 Å². The Morgan fingerprint density at radius 2 is 1.69 bits per heavy atom. The van der Waals surface area contributed by atoms with Crippen LogP contribution >= 0.6 is 0 Å². The molecule has 2 aromatic carbocycles. The minimum atomic E-state index is -0.480. The summed E-state index contributed by atoms with van der Waals surface area (Å²) in [5.74, 6) is -0.242. The fourth-order valence-corrected chi connectivity index (χ4v) is 4.32. The molecule has 0 radical (unpaired) electrons. The second kappa shape index (κ2) is 14.1. The number of rotatable bonds is 12. The molecule has 2 heterocycles. The molecule has 11 nitrogen and oxygen atoms in total. The highest BCUT2D eigenvalue weighted by Crippen LogP contribution is 2.25. The van der Waals surface area contributed by atoms with E-state index in [0.717, 1.165) is 11.3 Å². The van der Waals surface area contributed by atoms with Crippen molar-refractivity contribution in [2.75, 3.05) is 55.8 Å². The molecule has 2 N–H and O–H groups in total. The molecule has 0 spiro atoms. The summed E-state index contributed by atoms with van der Waals surface area (Å²) in [4.78, 5) is 51.5. The Labute approximate surface area is 227 Å². The highest BCUT2D eigenvalue weighted by molar-refractivity contribution is 5.95. The summed E-state index contributed by atoms with van der Waals surface area (Å²) in [6, 6.07) is 16.9. The maximum atomic E-state index is 12.4. The van der Waals surface area contributed by atoms with Gasteiger partial charge in [-0.15, -0.1) is 0 Å². The van der Waals surface area contributed by atoms with Crippen molar-refractivity contribution in [2.45, 2.75) is 31.8 Å². The van der Waals surface area contributed by atoms with Gasteiger partial charge < -0.3 is 29.7 Å². The zero-order valence-corrected chi connectivity index (χ0v) is 21.8. The summed E-state index contributed by atoms with van der Waals surface area (Å²) in [6.45, 7) is 2.30. The molecular weight excluding hydrogens is 504 g/mol. The third-order valence-corrected chi connectivity index (χ3v) is 6.43. The molecule has 208 valence electrons. The van der Waals surface area contributed by atoms with Crippen LogP contribution in [0.25, 0.3) is 0 Å².